The van der Waals surface area contributed by atoms with E-state index >= 15 is 0 Å². The molecule has 0 aliphatic heterocycles. The van der Waals surface area contributed by atoms with E-state index in [1.807, 2.05) is 42.5 Å². The smallest absolute Gasteiger partial charge is 0.223 e. The zero-order chi connectivity index (χ0) is 13.5. The Hall–Kier alpha value is -2.95. The van der Waals surface area contributed by atoms with Crippen LogP contribution in [0.25, 0.3) is 33.3 Å². The van der Waals surface area contributed by atoms with Crippen LogP contribution in [-0.4, -0.2) is 15.0 Å². The van der Waals surface area contributed by atoms with E-state index in [0.717, 1.165) is 27.5 Å². The van der Waals surface area contributed by atoms with Gasteiger partial charge in [-0.15, -0.1) is 0 Å². The number of nitrogens with two attached hydrogens (primary N) is 1. The number of anilines is 1. The molecule has 4 aromatic rings. The van der Waals surface area contributed by atoms with Gasteiger partial charge in [0.2, 0.25) is 5.95 Å². The van der Waals surface area contributed by atoms with Crippen molar-refractivity contribution in [1.82, 2.24) is 15.0 Å². The number of rotatable bonds is 1. The average Bonchev–Trinajstić information content (AvgIpc) is 2.85. The molecule has 4 rings (SSSR count). The molecule has 2 heterocycles. The topological polar surface area (TPSA) is 77.8 Å². The molecule has 0 unspecified atom stereocenters. The van der Waals surface area contributed by atoms with Crippen molar-refractivity contribution < 1.29 is 4.42 Å². The highest BCUT2D eigenvalue weighted by atomic mass is 16.3. The van der Waals surface area contributed by atoms with Gasteiger partial charge in [0.1, 0.15) is 17.5 Å². The number of nitrogen functional groups attached to an aromatic ring is 1. The van der Waals surface area contributed by atoms with Gasteiger partial charge in [-0.1, -0.05) is 18.2 Å². The van der Waals surface area contributed by atoms with Gasteiger partial charge in [0, 0.05) is 16.3 Å². The van der Waals surface area contributed by atoms with Gasteiger partial charge in [-0.2, -0.15) is 4.98 Å². The first-order chi connectivity index (χ1) is 9.81. The standard InChI is InChI=1S/C15H10N4O/c16-15-18-8-17-14(19-15)9-5-6-13-11(7-9)10-3-1-2-4-12(10)20-13/h1-8H,(H2,16,17,18,19). The minimum absolute atomic E-state index is 0.215. The maximum absolute atomic E-state index is 5.79. The third-order valence-corrected chi connectivity index (χ3v) is 3.23. The van der Waals surface area contributed by atoms with Crippen LogP contribution in [0.4, 0.5) is 5.95 Å². The molecule has 0 atom stereocenters. The lowest BCUT2D eigenvalue weighted by Gasteiger charge is -2.00. The number of hydrogen-bond acceptors (Lipinski definition) is 5. The van der Waals surface area contributed by atoms with E-state index in [1.54, 1.807) is 0 Å². The van der Waals surface area contributed by atoms with Crippen molar-refractivity contribution in [1.29, 1.82) is 0 Å². The Bertz CT molecular complexity index is 929. The fourth-order valence-electron chi connectivity index (χ4n) is 2.31. The normalized spacial score (nSPS) is 11.2. The third-order valence-electron chi connectivity index (χ3n) is 3.23. The largest absolute Gasteiger partial charge is 0.456 e. The molecule has 5 heteroatoms. The Morgan fingerprint density at radius 1 is 0.900 bits per heavy atom. The van der Waals surface area contributed by atoms with E-state index in [4.69, 9.17) is 10.2 Å². The fourth-order valence-corrected chi connectivity index (χ4v) is 2.31. The molecule has 0 aliphatic carbocycles. The van der Waals surface area contributed by atoms with E-state index in [-0.39, 0.29) is 5.95 Å². The Labute approximate surface area is 114 Å². The number of aromatic nitrogens is 3. The summed E-state index contributed by atoms with van der Waals surface area (Å²) in [6, 6.07) is 13.8. The quantitative estimate of drug-likeness (QED) is 0.570. The van der Waals surface area contributed by atoms with Crippen molar-refractivity contribution in [3.05, 3.63) is 48.8 Å². The molecular weight excluding hydrogens is 252 g/mol. The van der Waals surface area contributed by atoms with E-state index in [2.05, 4.69) is 15.0 Å². The van der Waals surface area contributed by atoms with E-state index in [0.29, 0.717) is 5.82 Å². The second-order valence-electron chi connectivity index (χ2n) is 4.48. The van der Waals surface area contributed by atoms with Crippen LogP contribution >= 0.6 is 0 Å². The lowest BCUT2D eigenvalue weighted by atomic mass is 10.1. The van der Waals surface area contributed by atoms with Gasteiger partial charge in [0.25, 0.3) is 0 Å². The van der Waals surface area contributed by atoms with Gasteiger partial charge in [-0.05, 0) is 24.3 Å². The minimum Gasteiger partial charge on any atom is -0.456 e. The summed E-state index contributed by atoms with van der Waals surface area (Å²) < 4.78 is 5.79. The first-order valence-electron chi connectivity index (χ1n) is 6.17. The summed E-state index contributed by atoms with van der Waals surface area (Å²) in [6.45, 7) is 0. The number of fused-ring (bicyclic) bond motifs is 3. The number of furan rings is 1. The monoisotopic (exact) mass is 262 g/mol. The van der Waals surface area contributed by atoms with Crippen molar-refractivity contribution in [3.8, 4) is 11.4 Å². The highest BCUT2D eigenvalue weighted by Crippen LogP contribution is 2.31. The molecule has 20 heavy (non-hydrogen) atoms. The van der Waals surface area contributed by atoms with E-state index in [9.17, 15) is 0 Å². The number of nitrogens with zero attached hydrogens (tertiary/aromatic N) is 3. The Morgan fingerprint density at radius 3 is 2.65 bits per heavy atom. The van der Waals surface area contributed by atoms with Gasteiger partial charge in [-0.3, -0.25) is 0 Å². The molecular formula is C15H10N4O. The molecule has 0 bridgehead atoms. The molecule has 0 aliphatic rings. The maximum atomic E-state index is 5.79. The predicted molar refractivity (Wildman–Crippen MR) is 77.0 cm³/mol. The number of benzene rings is 2. The molecule has 0 amide bonds. The first-order valence-corrected chi connectivity index (χ1v) is 6.17. The highest BCUT2D eigenvalue weighted by Gasteiger charge is 2.09. The van der Waals surface area contributed by atoms with Crippen LogP contribution in [0, 0.1) is 0 Å². The lowest BCUT2D eigenvalue weighted by molar-refractivity contribution is 0.669. The zero-order valence-corrected chi connectivity index (χ0v) is 10.4. The van der Waals surface area contributed by atoms with Crippen LogP contribution < -0.4 is 5.73 Å². The molecule has 0 saturated heterocycles. The Morgan fingerprint density at radius 2 is 1.75 bits per heavy atom. The molecule has 0 radical (unpaired) electrons. The van der Waals surface area contributed by atoms with Gasteiger partial charge < -0.3 is 10.2 Å². The SMILES string of the molecule is Nc1ncnc(-c2ccc3oc4ccccc4c3c2)n1. The minimum atomic E-state index is 0.215. The summed E-state index contributed by atoms with van der Waals surface area (Å²) in [5.41, 5.74) is 8.20. The van der Waals surface area contributed by atoms with E-state index < -0.39 is 0 Å². The molecule has 2 aromatic heterocycles. The number of hydrogen-bond donors (Lipinski definition) is 1. The van der Waals surface area contributed by atoms with Gasteiger partial charge >= 0.3 is 0 Å². The molecule has 2 aromatic carbocycles. The fraction of sp³-hybridized carbons (Fsp3) is 0. The van der Waals surface area contributed by atoms with Crippen LogP contribution in [0.3, 0.4) is 0 Å². The molecule has 96 valence electrons. The van der Waals surface area contributed by atoms with Crippen LogP contribution in [0.2, 0.25) is 0 Å². The Kier molecular flexibility index (Phi) is 2.20. The van der Waals surface area contributed by atoms with Crippen LogP contribution in [-0.2, 0) is 0 Å². The summed E-state index contributed by atoms with van der Waals surface area (Å²) in [5.74, 6) is 0.775. The van der Waals surface area contributed by atoms with Gasteiger partial charge in [0.05, 0.1) is 0 Å². The van der Waals surface area contributed by atoms with Crippen molar-refractivity contribution in [2.75, 3.05) is 5.73 Å². The summed E-state index contributed by atoms with van der Waals surface area (Å²) in [6.07, 6.45) is 1.41. The van der Waals surface area contributed by atoms with Gasteiger partial charge in [0.15, 0.2) is 5.82 Å². The summed E-state index contributed by atoms with van der Waals surface area (Å²) >= 11 is 0. The van der Waals surface area contributed by atoms with Gasteiger partial charge in [-0.25, -0.2) is 9.97 Å². The third kappa shape index (κ3) is 1.60. The lowest BCUT2D eigenvalue weighted by Crippen LogP contribution is -1.97. The van der Waals surface area contributed by atoms with Crippen molar-refractivity contribution in [3.63, 3.8) is 0 Å². The summed E-state index contributed by atoms with van der Waals surface area (Å²) in [5, 5.41) is 2.11. The second-order valence-corrected chi connectivity index (χ2v) is 4.48. The van der Waals surface area contributed by atoms with E-state index in [1.165, 1.54) is 6.33 Å². The van der Waals surface area contributed by atoms with Crippen LogP contribution in [0.15, 0.2) is 53.2 Å². The Balaban J connectivity index is 2.00. The number of para-hydroxylation sites is 1. The van der Waals surface area contributed by atoms with Crippen molar-refractivity contribution in [2.24, 2.45) is 0 Å². The summed E-state index contributed by atoms with van der Waals surface area (Å²) in [4.78, 5) is 12.1. The maximum Gasteiger partial charge on any atom is 0.223 e. The molecule has 0 spiro atoms. The highest BCUT2D eigenvalue weighted by molar-refractivity contribution is 6.06. The van der Waals surface area contributed by atoms with Crippen molar-refractivity contribution in [2.45, 2.75) is 0 Å². The molecule has 2 N–H and O–H groups in total. The second kappa shape index (κ2) is 4.03. The summed E-state index contributed by atoms with van der Waals surface area (Å²) in [7, 11) is 0. The average molecular weight is 262 g/mol. The van der Waals surface area contributed by atoms with Crippen molar-refractivity contribution >= 4 is 27.9 Å². The molecule has 5 nitrogen and oxygen atoms in total. The molecule has 0 fully saturated rings. The van der Waals surface area contributed by atoms with Crippen LogP contribution in [0.1, 0.15) is 0 Å². The first kappa shape index (κ1) is 10.9. The molecule has 0 saturated carbocycles. The van der Waals surface area contributed by atoms with Crippen LogP contribution in [0.5, 0.6) is 0 Å². The zero-order valence-electron chi connectivity index (χ0n) is 10.4. The predicted octanol–water partition coefficient (Wildman–Crippen LogP) is 3.02.